The molecule has 8 heteroatoms. The molecule has 1 aliphatic rings. The summed E-state index contributed by atoms with van der Waals surface area (Å²) in [7, 11) is 5.56. The number of hydrogen-bond acceptors (Lipinski definition) is 3. The second-order valence-electron chi connectivity index (χ2n) is 6.43. The molecule has 2 rings (SSSR count). The van der Waals surface area contributed by atoms with Crippen LogP contribution in [0.2, 0.25) is 20.5 Å². The van der Waals surface area contributed by atoms with E-state index in [2.05, 4.69) is 4.72 Å². The van der Waals surface area contributed by atoms with E-state index in [1.54, 1.807) is 39.1 Å². The second kappa shape index (κ2) is 5.41. The maximum absolute atomic E-state index is 15.3. The van der Waals surface area contributed by atoms with Gasteiger partial charge in [-0.05, 0) is 12.6 Å². The van der Waals surface area contributed by atoms with Gasteiger partial charge in [-0.25, -0.2) is 8.78 Å². The van der Waals surface area contributed by atoms with Crippen LogP contribution in [-0.2, 0) is 5.82 Å². The molecule has 3 nitrogen and oxygen atoms in total. The highest BCUT2D eigenvalue weighted by Crippen LogP contribution is 2.43. The van der Waals surface area contributed by atoms with Crippen molar-refractivity contribution in [3.8, 4) is 0 Å². The maximum atomic E-state index is 15.3. The Hall–Kier alpha value is -0.845. The summed E-state index contributed by atoms with van der Waals surface area (Å²) in [6.07, 6.45) is -2.20. The Bertz CT molecular complexity index is 487. The molecule has 1 fully saturated rings. The number of rotatable bonds is 2. The van der Waals surface area contributed by atoms with Crippen LogP contribution in [0.1, 0.15) is 5.56 Å². The number of nitrogens with zero attached hydrogens (tertiary/aromatic N) is 3. The van der Waals surface area contributed by atoms with Crippen molar-refractivity contribution in [2.24, 2.45) is 0 Å². The summed E-state index contributed by atoms with van der Waals surface area (Å²) in [5.74, 6) is -2.92. The molecule has 0 atom stereocenters. The quantitative estimate of drug-likeness (QED) is 0.775. The van der Waals surface area contributed by atoms with Crippen LogP contribution < -0.4 is 0 Å². The predicted octanol–water partition coefficient (Wildman–Crippen LogP) is 2.43. The zero-order valence-corrected chi connectivity index (χ0v) is 13.7. The summed E-state index contributed by atoms with van der Waals surface area (Å²) in [6.45, 7) is 5.55. The number of benzene rings is 1. The number of hydrogen-bond donors (Lipinski definition) is 0. The Balaban J connectivity index is 2.52. The lowest BCUT2D eigenvalue weighted by molar-refractivity contribution is 0.0599. The van der Waals surface area contributed by atoms with Crippen LogP contribution in [0.4, 0.5) is 8.78 Å². The smallest absolute Gasteiger partial charge is 0.257 e. The summed E-state index contributed by atoms with van der Waals surface area (Å²) >= 11 is 0. The first-order valence-corrected chi connectivity index (χ1v) is 7.45. The first-order chi connectivity index (χ1) is 9.65. The number of halogens is 2. The summed E-state index contributed by atoms with van der Waals surface area (Å²) in [4.78, 5) is 0. The standard InChI is InChI=1S/C13H23B3F2N3/c1-14-19(4)15(2)21(6)16(3,20(14)5)13(17,18)12-10-8-7-9-11-12/h7-11H,1-6H3/q-1. The van der Waals surface area contributed by atoms with Gasteiger partial charge < -0.3 is 14.2 Å². The fourth-order valence-corrected chi connectivity index (χ4v) is 3.50. The van der Waals surface area contributed by atoms with Crippen LogP contribution in [0.5, 0.6) is 0 Å². The summed E-state index contributed by atoms with van der Waals surface area (Å²) < 4.78 is 36.4. The third-order valence-electron chi connectivity index (χ3n) is 5.79. The minimum absolute atomic E-state index is 0.0456. The topological polar surface area (TPSA) is 9.72 Å². The Morgan fingerprint density at radius 1 is 0.952 bits per heavy atom. The molecule has 0 saturated carbocycles. The van der Waals surface area contributed by atoms with Gasteiger partial charge in [0.1, 0.15) is 0 Å². The molecule has 0 unspecified atom stereocenters. The van der Waals surface area contributed by atoms with Crippen LogP contribution in [0, 0.1) is 0 Å². The van der Waals surface area contributed by atoms with Gasteiger partial charge in [-0.15, -0.1) is 0 Å². The lowest BCUT2D eigenvalue weighted by Crippen LogP contribution is -2.83. The predicted molar refractivity (Wildman–Crippen MR) is 88.5 cm³/mol. The van der Waals surface area contributed by atoms with Crippen LogP contribution in [0.15, 0.2) is 30.3 Å². The normalized spacial score (nSPS) is 21.9. The average molecular weight is 292 g/mol. The van der Waals surface area contributed by atoms with Gasteiger partial charge in [0.2, 0.25) is 0 Å². The molecule has 1 saturated heterocycles. The van der Waals surface area contributed by atoms with Crippen LogP contribution >= 0.6 is 0 Å². The van der Waals surface area contributed by atoms with Crippen LogP contribution in [0.25, 0.3) is 0 Å². The van der Waals surface area contributed by atoms with Gasteiger partial charge in [0, 0.05) is 0 Å². The van der Waals surface area contributed by atoms with Crippen molar-refractivity contribution in [2.45, 2.75) is 26.3 Å². The highest BCUT2D eigenvalue weighted by atomic mass is 19.3. The number of alkyl halides is 2. The third-order valence-corrected chi connectivity index (χ3v) is 5.79. The fourth-order valence-electron chi connectivity index (χ4n) is 3.50. The highest BCUT2D eigenvalue weighted by molar-refractivity contribution is 6.94. The molecule has 21 heavy (non-hydrogen) atoms. The van der Waals surface area contributed by atoms with Crippen LogP contribution in [0.3, 0.4) is 0 Å². The highest BCUT2D eigenvalue weighted by Gasteiger charge is 2.56. The van der Waals surface area contributed by atoms with Gasteiger partial charge in [-0.2, -0.15) is 6.82 Å². The molecule has 0 bridgehead atoms. The molecule has 0 radical (unpaired) electrons. The van der Waals surface area contributed by atoms with Gasteiger partial charge in [-0.1, -0.05) is 58.1 Å². The average Bonchev–Trinajstić information content (AvgIpc) is 2.49. The van der Waals surface area contributed by atoms with Crippen molar-refractivity contribution < 1.29 is 8.78 Å². The van der Waals surface area contributed by atoms with E-state index in [0.29, 0.717) is 0 Å². The molecule has 0 spiro atoms. The molecule has 0 aromatic heterocycles. The minimum Gasteiger partial charge on any atom is -0.490 e. The first-order valence-electron chi connectivity index (χ1n) is 7.45. The Labute approximate surface area is 127 Å². The Morgan fingerprint density at radius 3 is 1.81 bits per heavy atom. The zero-order valence-electron chi connectivity index (χ0n) is 13.7. The van der Waals surface area contributed by atoms with Crippen LogP contribution in [-0.4, -0.2) is 55.7 Å². The van der Waals surface area contributed by atoms with Gasteiger partial charge in [0.05, 0.1) is 0 Å². The van der Waals surface area contributed by atoms with Crippen molar-refractivity contribution in [3.05, 3.63) is 35.9 Å². The van der Waals surface area contributed by atoms with Crippen molar-refractivity contribution in [1.29, 1.82) is 0 Å². The lowest BCUT2D eigenvalue weighted by atomic mass is 9.28. The molecule has 114 valence electrons. The van der Waals surface area contributed by atoms with Crippen molar-refractivity contribution in [2.75, 3.05) is 21.1 Å². The van der Waals surface area contributed by atoms with E-state index in [0.717, 1.165) is 0 Å². The molecule has 0 amide bonds. The first kappa shape index (κ1) is 16.5. The van der Waals surface area contributed by atoms with Crippen molar-refractivity contribution in [3.63, 3.8) is 0 Å². The Morgan fingerprint density at radius 2 is 1.38 bits per heavy atom. The monoisotopic (exact) mass is 292 g/mol. The van der Waals surface area contributed by atoms with Crippen molar-refractivity contribution >= 4 is 20.4 Å². The molecule has 1 heterocycles. The third kappa shape index (κ3) is 2.24. The summed E-state index contributed by atoms with van der Waals surface area (Å²) in [5, 5.41) is 0. The molecule has 1 aromatic carbocycles. The van der Waals surface area contributed by atoms with Gasteiger partial charge in [-0.3, -0.25) is 0 Å². The van der Waals surface area contributed by atoms with E-state index in [1.165, 1.54) is 12.1 Å². The van der Waals surface area contributed by atoms with E-state index in [1.807, 2.05) is 30.1 Å². The van der Waals surface area contributed by atoms with Gasteiger partial charge >= 0.3 is 0 Å². The van der Waals surface area contributed by atoms with E-state index in [4.69, 9.17) is 0 Å². The molecule has 0 aliphatic carbocycles. The molecular weight excluding hydrogens is 269 g/mol. The summed E-state index contributed by atoms with van der Waals surface area (Å²) in [5.41, 5.74) is 0.0788. The fraction of sp³-hybridized carbons (Fsp3) is 0.538. The van der Waals surface area contributed by atoms with Crippen molar-refractivity contribution in [1.82, 2.24) is 14.2 Å². The molecule has 1 aliphatic heterocycles. The van der Waals surface area contributed by atoms with E-state index in [-0.39, 0.29) is 19.5 Å². The molecule has 0 N–H and O–H groups in total. The van der Waals surface area contributed by atoms with E-state index >= 15 is 8.78 Å². The second-order valence-corrected chi connectivity index (χ2v) is 6.43. The van der Waals surface area contributed by atoms with E-state index in [9.17, 15) is 0 Å². The van der Waals surface area contributed by atoms with Gasteiger partial charge in [0.25, 0.3) is 14.0 Å². The summed E-state index contributed by atoms with van der Waals surface area (Å²) in [6, 6.07) is 8.14. The lowest BCUT2D eigenvalue weighted by Gasteiger charge is -2.66. The molecule has 1 aromatic rings. The maximum Gasteiger partial charge on any atom is 0.257 e. The largest absolute Gasteiger partial charge is 0.490 e. The zero-order chi connectivity index (χ0) is 16.0. The van der Waals surface area contributed by atoms with Gasteiger partial charge in [0.15, 0.2) is 12.2 Å². The minimum atomic E-state index is -2.92. The molecular formula is C13H23B3F2N3-. The van der Waals surface area contributed by atoms with E-state index < -0.39 is 12.2 Å². The SMILES string of the molecule is CB1N(C)B(C)N(C)[B-](C)(C(F)(F)c2ccccc2)N1C. The Kier molecular flexibility index (Phi) is 4.26.